The molecule has 1 aromatic carbocycles. The van der Waals surface area contributed by atoms with E-state index in [1.807, 2.05) is 0 Å². The van der Waals surface area contributed by atoms with Gasteiger partial charge in [-0.05, 0) is 12.1 Å². The van der Waals surface area contributed by atoms with Crippen molar-refractivity contribution in [1.29, 1.82) is 0 Å². The Morgan fingerprint density at radius 3 is 2.12 bits per heavy atom. The number of hydrogen-bond acceptors (Lipinski definition) is 13. The topological polar surface area (TPSA) is 170 Å². The summed E-state index contributed by atoms with van der Waals surface area (Å²) >= 11 is 0.550. The van der Waals surface area contributed by atoms with Gasteiger partial charge >= 0.3 is 41.9 Å². The van der Waals surface area contributed by atoms with Crippen molar-refractivity contribution in [3.05, 3.63) is 30.3 Å². The van der Waals surface area contributed by atoms with Crippen LogP contribution in [0, 0.1) is 0 Å². The molecule has 0 bridgehead atoms. The number of ether oxygens (including phenoxy) is 6. The van der Waals surface area contributed by atoms with E-state index < -0.39 is 90.3 Å². The number of amides is 1. The van der Waals surface area contributed by atoms with Gasteiger partial charge in [0.1, 0.15) is 18.8 Å². The summed E-state index contributed by atoms with van der Waals surface area (Å²) in [6.45, 7) is 2.79. The Morgan fingerprint density at radius 2 is 1.63 bits per heavy atom. The van der Waals surface area contributed by atoms with Crippen molar-refractivity contribution in [2.45, 2.75) is 80.6 Å². The number of thioether (sulfide) groups is 1. The third kappa shape index (κ3) is 10.1. The van der Waals surface area contributed by atoms with Crippen LogP contribution in [0.15, 0.2) is 35.2 Å². The maximum Gasteiger partial charge on any atom is 0.471 e. The number of benzene rings is 1. The van der Waals surface area contributed by atoms with Crippen molar-refractivity contribution >= 4 is 47.5 Å². The molecule has 0 spiro atoms. The smallest absolute Gasteiger partial charge is 0.466 e. The zero-order valence-corrected chi connectivity index (χ0v) is 24.3. The predicted octanol–water partition coefficient (Wildman–Crippen LogP) is 1.84. The Labute approximate surface area is 249 Å². The molecule has 43 heavy (non-hydrogen) atoms. The lowest BCUT2D eigenvalue weighted by molar-refractivity contribution is -0.226. The lowest BCUT2D eigenvalue weighted by atomic mass is 9.89. The highest BCUT2D eigenvalue weighted by Crippen LogP contribution is 2.46. The summed E-state index contributed by atoms with van der Waals surface area (Å²) < 4.78 is 81.0. The summed E-state index contributed by atoms with van der Waals surface area (Å²) in [5, 5.41) is 1.59. The number of hydrogen-bond donors (Lipinski definition) is 1. The fraction of sp³-hybridized carbons (Fsp3) is 0.538. The molecule has 1 amide bonds. The van der Waals surface area contributed by atoms with E-state index in [2.05, 4.69) is 0 Å². The average Bonchev–Trinajstić information content (AvgIpc) is 2.92. The molecule has 1 heterocycles. The van der Waals surface area contributed by atoms with Gasteiger partial charge in [-0.3, -0.25) is 24.0 Å². The summed E-state index contributed by atoms with van der Waals surface area (Å²) in [5.41, 5.74) is 0. The molecule has 1 aliphatic rings. The maximum atomic E-state index is 13.5. The maximum absolute atomic E-state index is 13.5. The van der Waals surface area contributed by atoms with Crippen molar-refractivity contribution < 1.29 is 71.7 Å². The van der Waals surface area contributed by atoms with E-state index in [0.29, 0.717) is 11.8 Å². The number of alkyl halides is 3. The van der Waals surface area contributed by atoms with Crippen LogP contribution in [-0.2, 0) is 57.2 Å². The van der Waals surface area contributed by atoms with E-state index in [-0.39, 0.29) is 4.90 Å². The van der Waals surface area contributed by atoms with E-state index >= 15 is 0 Å². The van der Waals surface area contributed by atoms with Crippen LogP contribution in [0.4, 0.5) is 13.2 Å². The molecular weight excluding hydrogens is 607 g/mol. The molecule has 2 rings (SSSR count). The summed E-state index contributed by atoms with van der Waals surface area (Å²) in [6.07, 6.45) is -15.7. The summed E-state index contributed by atoms with van der Waals surface area (Å²) in [4.78, 5) is 71.4. The number of halogens is 3. The molecule has 238 valence electrons. The lowest BCUT2D eigenvalue weighted by Gasteiger charge is -2.48. The second-order valence-corrected chi connectivity index (χ2v) is 10.2. The standard InChI is InChI=1S/C26H30F3NO12S/c1-13(31)38-12-19(40-15(3)33)21(41-16(4)34)22-20(30-23(35)26(27,28)29)18(39-14(2)32)11-25(42-22,24(36)37-5)43-17-9-7-6-8-10-17/h6-10,18-22H,11-12H2,1-5H3,(H,30,35)/t18-,19+,20+,21+,22+,25-/m0/s1/i11D/t11-,18+,19-,20-,21-,22-,25+/m1. The average molecular weight is 639 g/mol. The van der Waals surface area contributed by atoms with Crippen molar-refractivity contribution in [3.63, 3.8) is 0 Å². The molecular formula is C26H30F3NO12S. The number of carbonyl (C=O) groups excluding carboxylic acids is 6. The molecule has 1 aromatic rings. The molecule has 0 radical (unpaired) electrons. The van der Waals surface area contributed by atoms with Crippen LogP contribution in [0.3, 0.4) is 0 Å². The molecule has 0 unspecified atom stereocenters. The van der Waals surface area contributed by atoms with Gasteiger partial charge in [-0.1, -0.05) is 30.0 Å². The highest BCUT2D eigenvalue weighted by atomic mass is 32.2. The molecule has 1 N–H and O–H groups in total. The second-order valence-electron chi connectivity index (χ2n) is 8.92. The van der Waals surface area contributed by atoms with Gasteiger partial charge in [0.25, 0.3) is 0 Å². The highest BCUT2D eigenvalue weighted by molar-refractivity contribution is 8.01. The Morgan fingerprint density at radius 1 is 1.02 bits per heavy atom. The zero-order chi connectivity index (χ0) is 33.4. The Hall–Kier alpha value is -3.86. The van der Waals surface area contributed by atoms with Crippen molar-refractivity contribution in [2.75, 3.05) is 13.7 Å². The molecule has 0 saturated carbocycles. The molecule has 0 aromatic heterocycles. The zero-order valence-electron chi connectivity index (χ0n) is 24.5. The fourth-order valence-corrected chi connectivity index (χ4v) is 5.14. The van der Waals surface area contributed by atoms with E-state index in [4.69, 9.17) is 29.8 Å². The number of rotatable bonds is 11. The molecule has 0 aliphatic carbocycles. The van der Waals surface area contributed by atoms with Crippen LogP contribution in [0.5, 0.6) is 0 Å². The minimum absolute atomic E-state index is 0.272. The van der Waals surface area contributed by atoms with Gasteiger partial charge in [-0.25, -0.2) is 4.79 Å². The molecule has 17 heteroatoms. The Balaban J connectivity index is 2.91. The summed E-state index contributed by atoms with van der Waals surface area (Å²) in [5.74, 6) is -8.03. The van der Waals surface area contributed by atoms with Crippen LogP contribution in [-0.4, -0.2) is 91.0 Å². The largest absolute Gasteiger partial charge is 0.471 e. The van der Waals surface area contributed by atoms with Gasteiger partial charge in [0.05, 0.1) is 13.2 Å². The van der Waals surface area contributed by atoms with E-state index in [1.165, 1.54) is 12.1 Å². The normalized spacial score (nSPS) is 25.2. The van der Waals surface area contributed by atoms with Gasteiger partial charge in [-0.15, -0.1) is 0 Å². The highest BCUT2D eigenvalue weighted by Gasteiger charge is 2.60. The van der Waals surface area contributed by atoms with E-state index in [1.54, 1.807) is 23.5 Å². The second kappa shape index (κ2) is 15.0. The first-order valence-corrected chi connectivity index (χ1v) is 13.2. The van der Waals surface area contributed by atoms with E-state index in [9.17, 15) is 41.9 Å². The van der Waals surface area contributed by atoms with Gasteiger partial charge < -0.3 is 33.7 Å². The third-order valence-corrected chi connectivity index (χ3v) is 6.71. The summed E-state index contributed by atoms with van der Waals surface area (Å²) in [7, 11) is 0.922. The van der Waals surface area contributed by atoms with Gasteiger partial charge in [0, 0.05) is 40.4 Å². The molecule has 1 aliphatic heterocycles. The van der Waals surface area contributed by atoms with Crippen molar-refractivity contribution in [3.8, 4) is 0 Å². The monoisotopic (exact) mass is 638 g/mol. The first kappa shape index (κ1) is 33.6. The number of methoxy groups -OCH3 is 1. The van der Waals surface area contributed by atoms with Crippen LogP contribution < -0.4 is 5.32 Å². The van der Waals surface area contributed by atoms with Gasteiger partial charge in [-0.2, -0.15) is 13.2 Å². The molecule has 1 saturated heterocycles. The first-order chi connectivity index (χ1) is 20.4. The van der Waals surface area contributed by atoms with Crippen LogP contribution in [0.1, 0.15) is 35.5 Å². The van der Waals surface area contributed by atoms with E-state index in [0.717, 1.165) is 34.8 Å². The summed E-state index contributed by atoms with van der Waals surface area (Å²) in [6, 6.07) is 5.54. The number of esters is 5. The number of carbonyl (C=O) groups is 6. The van der Waals surface area contributed by atoms with Crippen molar-refractivity contribution in [1.82, 2.24) is 5.32 Å². The van der Waals surface area contributed by atoms with Gasteiger partial charge in [0.2, 0.25) is 4.93 Å². The van der Waals surface area contributed by atoms with Gasteiger partial charge in [0.15, 0.2) is 12.2 Å². The SMILES string of the molecule is [2H][C@@H]1[C@H](OC(C)=O)[C@@H](NC(=O)C(F)(F)F)[C@H]([C@H](OC(C)=O)[C@@H](COC(C)=O)OC(C)=O)O[C@@]1(Sc1ccccc1)C(=O)OC. The Bertz CT molecular complexity index is 1240. The lowest BCUT2D eigenvalue weighted by Crippen LogP contribution is -2.68. The minimum atomic E-state index is -5.51. The quantitative estimate of drug-likeness (QED) is 0.275. The van der Waals surface area contributed by atoms with Crippen LogP contribution in [0.2, 0.25) is 0 Å². The Kier molecular flexibility index (Phi) is 11.8. The molecule has 1 fully saturated rings. The number of nitrogens with one attached hydrogen (secondary N) is 1. The van der Waals surface area contributed by atoms with Crippen molar-refractivity contribution in [2.24, 2.45) is 0 Å². The minimum Gasteiger partial charge on any atom is -0.466 e. The predicted molar refractivity (Wildman–Crippen MR) is 138 cm³/mol. The van der Waals surface area contributed by atoms with Crippen LogP contribution >= 0.6 is 11.8 Å². The first-order valence-electron chi connectivity index (χ1n) is 13.0. The third-order valence-electron chi connectivity index (χ3n) is 5.50. The molecule has 13 nitrogen and oxygen atoms in total. The molecule has 7 atom stereocenters. The van der Waals surface area contributed by atoms with Crippen LogP contribution in [0.25, 0.3) is 0 Å². The fourth-order valence-electron chi connectivity index (χ4n) is 3.97.